The monoisotopic (exact) mass is 202 g/mol. The number of aromatic nitrogens is 2. The first-order valence-electron chi connectivity index (χ1n) is 4.95. The maximum absolute atomic E-state index is 9.29. The van der Waals surface area contributed by atoms with Crippen LogP contribution in [-0.4, -0.2) is 21.9 Å². The summed E-state index contributed by atoms with van der Waals surface area (Å²) in [4.78, 5) is 0. The van der Waals surface area contributed by atoms with Gasteiger partial charge in [0, 0.05) is 16.2 Å². The number of rotatable bonds is 2. The van der Waals surface area contributed by atoms with Crippen molar-refractivity contribution in [2.75, 3.05) is 6.61 Å². The van der Waals surface area contributed by atoms with Gasteiger partial charge >= 0.3 is 0 Å². The van der Waals surface area contributed by atoms with Crippen molar-refractivity contribution < 1.29 is 5.11 Å². The predicted octanol–water partition coefficient (Wildman–Crippen LogP) is 1.90. The third-order valence-corrected chi connectivity index (χ3v) is 2.72. The lowest BCUT2D eigenvalue weighted by Crippen LogP contribution is -2.21. The van der Waals surface area contributed by atoms with E-state index in [0.29, 0.717) is 0 Å². The van der Waals surface area contributed by atoms with Gasteiger partial charge in [0.2, 0.25) is 0 Å². The van der Waals surface area contributed by atoms with Crippen molar-refractivity contribution in [3.8, 4) is 0 Å². The summed E-state index contributed by atoms with van der Waals surface area (Å²) in [5.41, 5.74) is 0.905. The van der Waals surface area contributed by atoms with Crippen molar-refractivity contribution in [2.24, 2.45) is 0 Å². The second-order valence-electron chi connectivity index (χ2n) is 4.37. The van der Waals surface area contributed by atoms with Gasteiger partial charge in [-0.05, 0) is 11.6 Å². The Labute approximate surface area is 88.8 Å². The first kappa shape index (κ1) is 10.1. The smallest absolute Gasteiger partial charge is 0.0574 e. The fourth-order valence-corrected chi connectivity index (χ4v) is 1.51. The van der Waals surface area contributed by atoms with Gasteiger partial charge in [-0.3, -0.25) is 0 Å². The van der Waals surface area contributed by atoms with E-state index in [9.17, 15) is 5.11 Å². The Morgan fingerprint density at radius 3 is 2.47 bits per heavy atom. The molecule has 0 saturated carbocycles. The van der Waals surface area contributed by atoms with E-state index in [4.69, 9.17) is 0 Å². The molecule has 15 heavy (non-hydrogen) atoms. The number of aliphatic hydroxyl groups is 1. The molecule has 1 N–H and O–H groups in total. The molecule has 0 aliphatic rings. The van der Waals surface area contributed by atoms with Crippen molar-refractivity contribution in [1.82, 2.24) is 10.2 Å². The van der Waals surface area contributed by atoms with Crippen molar-refractivity contribution in [2.45, 2.75) is 19.3 Å². The largest absolute Gasteiger partial charge is 0.395 e. The van der Waals surface area contributed by atoms with Gasteiger partial charge in [-0.1, -0.05) is 26.0 Å². The quantitative estimate of drug-likeness (QED) is 0.809. The van der Waals surface area contributed by atoms with Crippen LogP contribution in [0.3, 0.4) is 0 Å². The molecule has 0 spiro atoms. The summed E-state index contributed by atoms with van der Waals surface area (Å²) in [6.07, 6.45) is 3.48. The lowest BCUT2D eigenvalue weighted by atomic mass is 9.85. The van der Waals surface area contributed by atoms with Crippen LogP contribution < -0.4 is 0 Å². The zero-order chi connectivity index (χ0) is 10.9. The molecule has 0 saturated heterocycles. The normalized spacial score (nSPS) is 11.9. The Morgan fingerprint density at radius 2 is 1.80 bits per heavy atom. The Bertz CT molecular complexity index is 480. The van der Waals surface area contributed by atoms with Crippen LogP contribution in [0.4, 0.5) is 0 Å². The van der Waals surface area contributed by atoms with E-state index in [-0.39, 0.29) is 12.0 Å². The molecule has 0 fully saturated rings. The van der Waals surface area contributed by atoms with Gasteiger partial charge in [-0.25, -0.2) is 0 Å². The molecule has 78 valence electrons. The fourth-order valence-electron chi connectivity index (χ4n) is 1.51. The Kier molecular flexibility index (Phi) is 2.40. The van der Waals surface area contributed by atoms with Gasteiger partial charge in [-0.2, -0.15) is 10.2 Å². The summed E-state index contributed by atoms with van der Waals surface area (Å²) in [7, 11) is 0. The van der Waals surface area contributed by atoms with Gasteiger partial charge in [-0.15, -0.1) is 0 Å². The van der Waals surface area contributed by atoms with E-state index < -0.39 is 0 Å². The van der Waals surface area contributed by atoms with Crippen LogP contribution in [0.15, 0.2) is 30.6 Å². The average Bonchev–Trinajstić information content (AvgIpc) is 2.28. The van der Waals surface area contributed by atoms with Crippen LogP contribution in [-0.2, 0) is 5.41 Å². The highest BCUT2D eigenvalue weighted by Crippen LogP contribution is 2.25. The first-order valence-corrected chi connectivity index (χ1v) is 4.95. The summed E-state index contributed by atoms with van der Waals surface area (Å²) < 4.78 is 0. The van der Waals surface area contributed by atoms with Gasteiger partial charge < -0.3 is 5.11 Å². The third kappa shape index (κ3) is 1.83. The summed E-state index contributed by atoms with van der Waals surface area (Å²) in [5.74, 6) is 0. The van der Waals surface area contributed by atoms with Crippen molar-refractivity contribution in [3.63, 3.8) is 0 Å². The van der Waals surface area contributed by atoms with Crippen LogP contribution in [0.5, 0.6) is 0 Å². The van der Waals surface area contributed by atoms with Gasteiger partial charge in [0.05, 0.1) is 19.0 Å². The van der Waals surface area contributed by atoms with E-state index >= 15 is 0 Å². The molecule has 1 aromatic heterocycles. The minimum absolute atomic E-state index is 0.136. The molecule has 2 rings (SSSR count). The van der Waals surface area contributed by atoms with Crippen molar-refractivity contribution >= 4 is 10.8 Å². The molecule has 0 radical (unpaired) electrons. The Hall–Kier alpha value is -1.48. The molecule has 0 atom stereocenters. The molecule has 0 bridgehead atoms. The van der Waals surface area contributed by atoms with Crippen LogP contribution in [0.2, 0.25) is 0 Å². The van der Waals surface area contributed by atoms with Gasteiger partial charge in [0.1, 0.15) is 0 Å². The van der Waals surface area contributed by atoms with Crippen LogP contribution in [0.25, 0.3) is 10.8 Å². The molecule has 0 aliphatic heterocycles. The highest BCUT2D eigenvalue weighted by molar-refractivity contribution is 5.81. The molecule has 1 aromatic carbocycles. The van der Waals surface area contributed by atoms with E-state index in [1.165, 1.54) is 0 Å². The number of hydrogen-bond acceptors (Lipinski definition) is 3. The average molecular weight is 202 g/mol. The van der Waals surface area contributed by atoms with E-state index in [0.717, 1.165) is 16.3 Å². The number of fused-ring (bicyclic) bond motifs is 1. The van der Waals surface area contributed by atoms with Gasteiger partial charge in [0.25, 0.3) is 0 Å². The molecule has 0 unspecified atom stereocenters. The van der Waals surface area contributed by atoms with Crippen LogP contribution >= 0.6 is 0 Å². The SMILES string of the molecule is CC(C)(CO)c1ccc2cnncc2c1. The number of benzene rings is 1. The molecular weight excluding hydrogens is 188 g/mol. The maximum atomic E-state index is 9.29. The number of nitrogens with zero attached hydrogens (tertiary/aromatic N) is 2. The van der Waals surface area contributed by atoms with E-state index in [1.807, 2.05) is 26.0 Å². The standard InChI is InChI=1S/C12H14N2O/c1-12(2,8-15)11-4-3-9-6-13-14-7-10(9)5-11/h3-7,15H,8H2,1-2H3. The summed E-state index contributed by atoms with van der Waals surface area (Å²) >= 11 is 0. The molecule has 3 nitrogen and oxygen atoms in total. The highest BCUT2D eigenvalue weighted by Gasteiger charge is 2.19. The van der Waals surface area contributed by atoms with E-state index in [1.54, 1.807) is 12.4 Å². The van der Waals surface area contributed by atoms with Crippen molar-refractivity contribution in [3.05, 3.63) is 36.2 Å². The topological polar surface area (TPSA) is 46.0 Å². The molecular formula is C12H14N2O. The van der Waals surface area contributed by atoms with Crippen molar-refractivity contribution in [1.29, 1.82) is 0 Å². The molecule has 3 heteroatoms. The maximum Gasteiger partial charge on any atom is 0.0574 e. The highest BCUT2D eigenvalue weighted by atomic mass is 16.3. The Morgan fingerprint density at radius 1 is 1.13 bits per heavy atom. The van der Waals surface area contributed by atoms with Crippen LogP contribution in [0, 0.1) is 0 Å². The second kappa shape index (κ2) is 3.59. The molecule has 1 heterocycles. The number of hydrogen-bond donors (Lipinski definition) is 1. The zero-order valence-electron chi connectivity index (χ0n) is 8.94. The fraction of sp³-hybridized carbons (Fsp3) is 0.333. The minimum Gasteiger partial charge on any atom is -0.395 e. The second-order valence-corrected chi connectivity index (χ2v) is 4.37. The Balaban J connectivity index is 2.56. The number of aliphatic hydroxyl groups excluding tert-OH is 1. The molecule has 2 aromatic rings. The summed E-state index contributed by atoms with van der Waals surface area (Å²) in [6.45, 7) is 4.17. The zero-order valence-corrected chi connectivity index (χ0v) is 8.94. The predicted molar refractivity (Wildman–Crippen MR) is 59.6 cm³/mol. The lowest BCUT2D eigenvalue weighted by molar-refractivity contribution is 0.218. The molecule has 0 amide bonds. The van der Waals surface area contributed by atoms with Gasteiger partial charge in [0.15, 0.2) is 0 Å². The summed E-state index contributed by atoms with van der Waals surface area (Å²) in [5, 5.41) is 19.1. The van der Waals surface area contributed by atoms with E-state index in [2.05, 4.69) is 16.3 Å². The summed E-state index contributed by atoms with van der Waals surface area (Å²) in [6, 6.07) is 6.09. The lowest BCUT2D eigenvalue weighted by Gasteiger charge is -2.22. The molecule has 0 aliphatic carbocycles. The first-order chi connectivity index (χ1) is 7.13. The third-order valence-electron chi connectivity index (χ3n) is 2.72. The minimum atomic E-state index is -0.211. The van der Waals surface area contributed by atoms with Crippen LogP contribution in [0.1, 0.15) is 19.4 Å².